The third kappa shape index (κ3) is 2.31. The molecule has 4 aliphatic rings. The Hall–Kier alpha value is -0.600. The highest BCUT2D eigenvalue weighted by Gasteiger charge is 2.53. The highest BCUT2D eigenvalue weighted by Crippen LogP contribution is 2.61. The van der Waals surface area contributed by atoms with Gasteiger partial charge >= 0.3 is 0 Å². The first kappa shape index (κ1) is 14.0. The van der Waals surface area contributed by atoms with Crippen LogP contribution in [0.15, 0.2) is 18.2 Å². The summed E-state index contributed by atoms with van der Waals surface area (Å²) in [4.78, 5) is 0. The van der Waals surface area contributed by atoms with Gasteiger partial charge in [-0.05, 0) is 73.8 Å². The second-order valence-electron chi connectivity index (χ2n) is 7.70. The first-order chi connectivity index (χ1) is 10.1. The average Bonchev–Trinajstić information content (AvgIpc) is 2.41. The lowest BCUT2D eigenvalue weighted by atomic mass is 9.48. The second-order valence-corrected chi connectivity index (χ2v) is 8.11. The number of rotatable bonds is 3. The predicted octanol–water partition coefficient (Wildman–Crippen LogP) is 4.60. The number of benzene rings is 1. The molecule has 1 aromatic rings. The molecule has 0 radical (unpaired) electrons. The fraction of sp³-hybridized carbons (Fsp3) is 0.667. The molecule has 1 unspecified atom stereocenters. The van der Waals surface area contributed by atoms with E-state index in [9.17, 15) is 9.50 Å². The van der Waals surface area contributed by atoms with E-state index >= 15 is 0 Å². The molecule has 0 heterocycles. The van der Waals surface area contributed by atoms with Gasteiger partial charge in [-0.3, -0.25) is 0 Å². The van der Waals surface area contributed by atoms with E-state index in [-0.39, 0.29) is 11.2 Å². The Morgan fingerprint density at radius 2 is 1.71 bits per heavy atom. The summed E-state index contributed by atoms with van der Waals surface area (Å²) in [5.74, 6) is 2.09. The van der Waals surface area contributed by atoms with Gasteiger partial charge in [0.25, 0.3) is 0 Å². The lowest BCUT2D eigenvalue weighted by molar-refractivity contribution is -0.119. The van der Waals surface area contributed by atoms with Gasteiger partial charge in [-0.2, -0.15) is 0 Å². The molecule has 0 aliphatic heterocycles. The maximum atomic E-state index is 14.0. The smallest absolute Gasteiger partial charge is 0.127 e. The molecule has 4 fully saturated rings. The zero-order valence-corrected chi connectivity index (χ0v) is 13.0. The predicted molar refractivity (Wildman–Crippen MR) is 81.7 cm³/mol. The van der Waals surface area contributed by atoms with E-state index < -0.39 is 6.10 Å². The van der Waals surface area contributed by atoms with E-state index in [1.165, 1.54) is 25.3 Å². The molecule has 3 heteroatoms. The van der Waals surface area contributed by atoms with E-state index in [0.29, 0.717) is 17.0 Å². The highest BCUT2D eigenvalue weighted by atomic mass is 35.5. The van der Waals surface area contributed by atoms with Crippen LogP contribution in [0, 0.1) is 29.0 Å². The molecule has 0 amide bonds. The van der Waals surface area contributed by atoms with Gasteiger partial charge in [0, 0.05) is 17.0 Å². The maximum Gasteiger partial charge on any atom is 0.127 e. The Bertz CT molecular complexity index is 501. The summed E-state index contributed by atoms with van der Waals surface area (Å²) in [7, 11) is 0. The Kier molecular flexibility index (Phi) is 3.31. The fourth-order valence-corrected chi connectivity index (χ4v) is 5.96. The summed E-state index contributed by atoms with van der Waals surface area (Å²) in [5, 5.41) is 11.3. The van der Waals surface area contributed by atoms with Gasteiger partial charge < -0.3 is 5.11 Å². The molecule has 0 spiro atoms. The molecular formula is C18H22ClFO. The summed E-state index contributed by atoms with van der Waals surface area (Å²) in [5.41, 5.74) is 0.516. The van der Waals surface area contributed by atoms with Crippen LogP contribution in [-0.4, -0.2) is 11.2 Å². The van der Waals surface area contributed by atoms with Crippen molar-refractivity contribution in [3.8, 4) is 0 Å². The molecule has 4 bridgehead atoms. The van der Waals surface area contributed by atoms with Crippen molar-refractivity contribution in [2.24, 2.45) is 23.2 Å². The Morgan fingerprint density at radius 1 is 1.14 bits per heavy atom. The quantitative estimate of drug-likeness (QED) is 0.865. The fourth-order valence-electron chi connectivity index (χ4n) is 5.72. The van der Waals surface area contributed by atoms with E-state index in [1.807, 2.05) is 0 Å². The van der Waals surface area contributed by atoms with Crippen LogP contribution in [0.1, 0.15) is 44.1 Å². The molecule has 114 valence electrons. The van der Waals surface area contributed by atoms with Gasteiger partial charge in [-0.15, -0.1) is 0 Å². The van der Waals surface area contributed by atoms with Crippen molar-refractivity contribution in [2.45, 2.75) is 51.0 Å². The van der Waals surface area contributed by atoms with Gasteiger partial charge in [0.05, 0.1) is 6.10 Å². The molecule has 1 aromatic carbocycles. The summed E-state index contributed by atoms with van der Waals surface area (Å²) >= 11 is 6.13. The third-order valence-electron chi connectivity index (χ3n) is 6.25. The monoisotopic (exact) mass is 308 g/mol. The van der Waals surface area contributed by atoms with Crippen molar-refractivity contribution < 1.29 is 9.50 Å². The zero-order chi connectivity index (χ0) is 14.6. The average molecular weight is 309 g/mol. The van der Waals surface area contributed by atoms with Crippen LogP contribution < -0.4 is 0 Å². The van der Waals surface area contributed by atoms with Crippen LogP contribution in [0.4, 0.5) is 4.39 Å². The molecule has 1 nitrogen and oxygen atoms in total. The Balaban J connectivity index is 1.59. The minimum atomic E-state index is -0.458. The van der Waals surface area contributed by atoms with Gasteiger partial charge in [0.2, 0.25) is 0 Å². The summed E-state index contributed by atoms with van der Waals surface area (Å²) in [6.07, 6.45) is 7.36. The van der Waals surface area contributed by atoms with E-state index in [0.717, 1.165) is 37.0 Å². The molecule has 21 heavy (non-hydrogen) atoms. The summed E-state index contributed by atoms with van der Waals surface area (Å²) < 4.78 is 14.0. The van der Waals surface area contributed by atoms with Crippen LogP contribution in [0.3, 0.4) is 0 Å². The third-order valence-corrected chi connectivity index (χ3v) is 6.61. The molecule has 0 saturated heterocycles. The topological polar surface area (TPSA) is 20.2 Å². The number of hydrogen-bond acceptors (Lipinski definition) is 1. The Morgan fingerprint density at radius 3 is 2.24 bits per heavy atom. The molecular weight excluding hydrogens is 287 g/mol. The van der Waals surface area contributed by atoms with Gasteiger partial charge in [-0.25, -0.2) is 4.39 Å². The maximum absolute atomic E-state index is 14.0. The number of halogens is 2. The Labute approximate surface area is 130 Å². The minimum absolute atomic E-state index is 0.0281. The van der Waals surface area contributed by atoms with Crippen LogP contribution in [-0.2, 0) is 6.42 Å². The number of aliphatic hydroxyl groups is 1. The minimum Gasteiger partial charge on any atom is -0.392 e. The van der Waals surface area contributed by atoms with Crippen molar-refractivity contribution in [1.29, 1.82) is 0 Å². The summed E-state index contributed by atoms with van der Waals surface area (Å²) in [6, 6.07) is 4.78. The second kappa shape index (κ2) is 4.96. The van der Waals surface area contributed by atoms with Gasteiger partial charge in [0.15, 0.2) is 0 Å². The highest BCUT2D eigenvalue weighted by molar-refractivity contribution is 6.31. The van der Waals surface area contributed by atoms with Crippen LogP contribution in [0.25, 0.3) is 0 Å². The lowest BCUT2D eigenvalue weighted by Gasteiger charge is -2.58. The number of aliphatic hydroxyl groups excluding tert-OH is 1. The SMILES string of the molecule is OC(Cc1c(F)cccc1Cl)C12CC3CC(CC(C3)C1)C2. The first-order valence-corrected chi connectivity index (χ1v) is 8.54. The largest absolute Gasteiger partial charge is 0.392 e. The molecule has 4 saturated carbocycles. The van der Waals surface area contributed by atoms with E-state index in [2.05, 4.69) is 0 Å². The molecule has 1 atom stereocenters. The van der Waals surface area contributed by atoms with E-state index in [1.54, 1.807) is 12.1 Å². The van der Waals surface area contributed by atoms with Gasteiger partial charge in [-0.1, -0.05) is 17.7 Å². The van der Waals surface area contributed by atoms with Crippen molar-refractivity contribution >= 4 is 11.6 Å². The van der Waals surface area contributed by atoms with Crippen molar-refractivity contribution in [1.82, 2.24) is 0 Å². The zero-order valence-electron chi connectivity index (χ0n) is 12.2. The van der Waals surface area contributed by atoms with Crippen molar-refractivity contribution in [2.75, 3.05) is 0 Å². The molecule has 1 N–H and O–H groups in total. The van der Waals surface area contributed by atoms with Crippen molar-refractivity contribution in [3.05, 3.63) is 34.6 Å². The molecule has 4 aliphatic carbocycles. The molecule has 0 aromatic heterocycles. The van der Waals surface area contributed by atoms with Crippen LogP contribution in [0.2, 0.25) is 5.02 Å². The van der Waals surface area contributed by atoms with Crippen molar-refractivity contribution in [3.63, 3.8) is 0 Å². The first-order valence-electron chi connectivity index (χ1n) is 8.17. The van der Waals surface area contributed by atoms with Crippen LogP contribution in [0.5, 0.6) is 0 Å². The molecule has 5 rings (SSSR count). The standard InChI is InChI=1S/C18H22ClFO/c19-15-2-1-3-16(20)14(15)7-17(21)18-8-11-4-12(9-18)6-13(5-11)10-18/h1-3,11-13,17,21H,4-10H2. The van der Waals surface area contributed by atoms with Gasteiger partial charge in [0.1, 0.15) is 5.82 Å². The lowest BCUT2D eigenvalue weighted by Crippen LogP contribution is -2.52. The van der Waals surface area contributed by atoms with Crippen LogP contribution >= 0.6 is 11.6 Å². The summed E-state index contributed by atoms with van der Waals surface area (Å²) in [6.45, 7) is 0. The normalized spacial score (nSPS) is 38.7. The number of hydrogen-bond donors (Lipinski definition) is 1. The van der Waals surface area contributed by atoms with E-state index in [4.69, 9.17) is 11.6 Å².